The molecule has 0 saturated carbocycles. The summed E-state index contributed by atoms with van der Waals surface area (Å²) >= 11 is 6.07. The first-order valence-corrected chi connectivity index (χ1v) is 7.46. The minimum Gasteiger partial charge on any atom is -0.487 e. The van der Waals surface area contributed by atoms with Crippen molar-refractivity contribution in [2.24, 2.45) is 5.92 Å². The average molecular weight is 309 g/mol. The molecule has 5 heteroatoms. The van der Waals surface area contributed by atoms with Crippen molar-refractivity contribution in [2.45, 2.75) is 33.9 Å². The number of nitrogens with one attached hydrogen (secondary N) is 1. The Labute approximate surface area is 130 Å². The molecule has 1 aromatic heterocycles. The van der Waals surface area contributed by atoms with Gasteiger partial charge < -0.3 is 14.6 Å². The summed E-state index contributed by atoms with van der Waals surface area (Å²) in [5.74, 6) is 2.20. The Bertz CT molecular complexity index is 581. The van der Waals surface area contributed by atoms with E-state index in [2.05, 4.69) is 24.3 Å². The maximum atomic E-state index is 6.07. The third-order valence-corrected chi connectivity index (χ3v) is 3.18. The highest BCUT2D eigenvalue weighted by molar-refractivity contribution is 6.30. The highest BCUT2D eigenvalue weighted by Crippen LogP contribution is 2.24. The zero-order valence-corrected chi connectivity index (χ0v) is 13.4. The molecule has 0 unspecified atom stereocenters. The quantitative estimate of drug-likeness (QED) is 0.841. The number of aryl methyl sites for hydroxylation is 1. The van der Waals surface area contributed by atoms with Crippen molar-refractivity contribution in [2.75, 3.05) is 6.54 Å². The second-order valence-electron chi connectivity index (χ2n) is 5.49. The summed E-state index contributed by atoms with van der Waals surface area (Å²) in [6.45, 7) is 8.28. The molecule has 2 aromatic rings. The van der Waals surface area contributed by atoms with Crippen molar-refractivity contribution in [3.05, 3.63) is 46.3 Å². The lowest BCUT2D eigenvalue weighted by Crippen LogP contribution is -2.19. The van der Waals surface area contributed by atoms with E-state index in [-0.39, 0.29) is 0 Å². The summed E-state index contributed by atoms with van der Waals surface area (Å²) in [5, 5.41) is 8.03. The van der Waals surface area contributed by atoms with E-state index in [0.29, 0.717) is 17.5 Å². The van der Waals surface area contributed by atoms with Gasteiger partial charge >= 0.3 is 0 Å². The summed E-state index contributed by atoms with van der Waals surface area (Å²) in [4.78, 5) is 0. The van der Waals surface area contributed by atoms with Crippen LogP contribution in [-0.2, 0) is 13.2 Å². The van der Waals surface area contributed by atoms with Crippen LogP contribution in [0.25, 0.3) is 0 Å². The Balaban J connectivity index is 2.00. The van der Waals surface area contributed by atoms with Crippen LogP contribution in [0.1, 0.15) is 30.9 Å². The first-order valence-electron chi connectivity index (χ1n) is 7.08. The fourth-order valence-electron chi connectivity index (χ4n) is 1.96. The molecule has 0 amide bonds. The number of hydrogen-bond acceptors (Lipinski definition) is 4. The Kier molecular flexibility index (Phi) is 5.65. The van der Waals surface area contributed by atoms with Gasteiger partial charge in [0.25, 0.3) is 0 Å². The van der Waals surface area contributed by atoms with E-state index in [0.717, 1.165) is 35.9 Å². The lowest BCUT2D eigenvalue weighted by atomic mass is 10.2. The van der Waals surface area contributed by atoms with E-state index >= 15 is 0 Å². The van der Waals surface area contributed by atoms with Gasteiger partial charge in [0, 0.05) is 23.2 Å². The lowest BCUT2D eigenvalue weighted by molar-refractivity contribution is 0.284. The maximum absolute atomic E-state index is 6.07. The monoisotopic (exact) mass is 308 g/mol. The Hall–Kier alpha value is -1.52. The van der Waals surface area contributed by atoms with Crippen LogP contribution in [0.4, 0.5) is 0 Å². The number of halogens is 1. The van der Waals surface area contributed by atoms with E-state index in [9.17, 15) is 0 Å². The number of aromatic nitrogens is 1. The first-order chi connectivity index (χ1) is 10.0. The number of nitrogens with zero attached hydrogens (tertiary/aromatic N) is 1. The lowest BCUT2D eigenvalue weighted by Gasteiger charge is -2.13. The normalized spacial score (nSPS) is 11.1. The van der Waals surface area contributed by atoms with Crippen molar-refractivity contribution in [3.63, 3.8) is 0 Å². The molecule has 0 bridgehead atoms. The summed E-state index contributed by atoms with van der Waals surface area (Å²) in [7, 11) is 0. The van der Waals surface area contributed by atoms with Gasteiger partial charge in [0.05, 0.1) is 0 Å². The van der Waals surface area contributed by atoms with Gasteiger partial charge in [0.1, 0.15) is 23.8 Å². The van der Waals surface area contributed by atoms with Crippen molar-refractivity contribution in [3.8, 4) is 5.75 Å². The van der Waals surface area contributed by atoms with Crippen LogP contribution in [0.15, 0.2) is 28.8 Å². The van der Waals surface area contributed by atoms with Gasteiger partial charge in [-0.15, -0.1) is 0 Å². The summed E-state index contributed by atoms with van der Waals surface area (Å²) in [5.41, 5.74) is 1.83. The van der Waals surface area contributed by atoms with Crippen molar-refractivity contribution < 1.29 is 9.26 Å². The topological polar surface area (TPSA) is 47.3 Å². The fraction of sp³-hybridized carbons (Fsp3) is 0.438. The SMILES string of the molecule is Cc1cc(COc2ccc(Cl)cc2CNCC(C)C)no1. The zero-order chi connectivity index (χ0) is 15.2. The molecule has 0 aliphatic rings. The zero-order valence-electron chi connectivity index (χ0n) is 12.6. The highest BCUT2D eigenvalue weighted by atomic mass is 35.5. The minimum absolute atomic E-state index is 0.385. The average Bonchev–Trinajstić information content (AvgIpc) is 2.83. The van der Waals surface area contributed by atoms with Gasteiger partial charge in [0.2, 0.25) is 0 Å². The van der Waals surface area contributed by atoms with Crippen LogP contribution >= 0.6 is 11.6 Å². The van der Waals surface area contributed by atoms with E-state index in [4.69, 9.17) is 20.9 Å². The highest BCUT2D eigenvalue weighted by Gasteiger charge is 2.07. The summed E-state index contributed by atoms with van der Waals surface area (Å²) in [6, 6.07) is 7.52. The molecular formula is C16H21ClN2O2. The molecule has 0 aliphatic carbocycles. The molecule has 1 aromatic carbocycles. The molecular weight excluding hydrogens is 288 g/mol. The Morgan fingerprint density at radius 1 is 1.33 bits per heavy atom. The standard InChI is InChI=1S/C16H21ClN2O2/c1-11(2)8-18-9-13-7-14(17)4-5-16(13)20-10-15-6-12(3)21-19-15/h4-7,11,18H,8-10H2,1-3H3. The number of hydrogen-bond donors (Lipinski definition) is 1. The van der Waals surface area contributed by atoms with Crippen LogP contribution in [0, 0.1) is 12.8 Å². The van der Waals surface area contributed by atoms with Crippen LogP contribution in [0.2, 0.25) is 5.02 Å². The van der Waals surface area contributed by atoms with Gasteiger partial charge in [-0.1, -0.05) is 30.6 Å². The molecule has 21 heavy (non-hydrogen) atoms. The van der Waals surface area contributed by atoms with Crippen LogP contribution in [0.3, 0.4) is 0 Å². The molecule has 0 aliphatic heterocycles. The predicted molar refractivity (Wildman–Crippen MR) is 83.6 cm³/mol. The van der Waals surface area contributed by atoms with Crippen LogP contribution in [0.5, 0.6) is 5.75 Å². The first kappa shape index (κ1) is 15.9. The third-order valence-electron chi connectivity index (χ3n) is 2.94. The minimum atomic E-state index is 0.385. The third kappa shape index (κ3) is 5.06. The number of rotatable bonds is 7. The smallest absolute Gasteiger partial charge is 0.134 e. The molecule has 1 N–H and O–H groups in total. The van der Waals surface area contributed by atoms with Gasteiger partial charge in [0.15, 0.2) is 0 Å². The summed E-state index contributed by atoms with van der Waals surface area (Å²) in [6.07, 6.45) is 0. The summed E-state index contributed by atoms with van der Waals surface area (Å²) < 4.78 is 10.9. The van der Waals surface area contributed by atoms with E-state index in [1.165, 1.54) is 0 Å². The second-order valence-corrected chi connectivity index (χ2v) is 5.93. The van der Waals surface area contributed by atoms with Gasteiger partial charge in [-0.3, -0.25) is 0 Å². The molecule has 0 saturated heterocycles. The van der Waals surface area contributed by atoms with Gasteiger partial charge in [-0.05, 0) is 37.6 Å². The van der Waals surface area contributed by atoms with E-state index in [1.54, 1.807) is 0 Å². The predicted octanol–water partition coefficient (Wildman–Crippen LogP) is 3.96. The number of benzene rings is 1. The second kappa shape index (κ2) is 7.48. The Morgan fingerprint density at radius 2 is 2.14 bits per heavy atom. The van der Waals surface area contributed by atoms with Crippen LogP contribution in [-0.4, -0.2) is 11.7 Å². The molecule has 1 heterocycles. The molecule has 0 atom stereocenters. The van der Waals surface area contributed by atoms with Crippen LogP contribution < -0.4 is 10.1 Å². The molecule has 0 fully saturated rings. The van der Waals surface area contributed by atoms with Gasteiger partial charge in [-0.2, -0.15) is 0 Å². The molecule has 2 rings (SSSR count). The van der Waals surface area contributed by atoms with E-state index < -0.39 is 0 Å². The largest absolute Gasteiger partial charge is 0.487 e. The Morgan fingerprint density at radius 3 is 2.81 bits per heavy atom. The maximum Gasteiger partial charge on any atom is 0.134 e. The van der Waals surface area contributed by atoms with Crippen molar-refractivity contribution >= 4 is 11.6 Å². The molecule has 0 radical (unpaired) electrons. The van der Waals surface area contributed by atoms with Crippen molar-refractivity contribution in [1.29, 1.82) is 0 Å². The molecule has 0 spiro atoms. The fourth-order valence-corrected chi connectivity index (χ4v) is 2.15. The molecule has 4 nitrogen and oxygen atoms in total. The van der Waals surface area contributed by atoms with E-state index in [1.807, 2.05) is 31.2 Å². The van der Waals surface area contributed by atoms with Crippen molar-refractivity contribution in [1.82, 2.24) is 10.5 Å². The number of ether oxygens (including phenoxy) is 1. The molecule has 114 valence electrons. The van der Waals surface area contributed by atoms with Gasteiger partial charge in [-0.25, -0.2) is 0 Å².